The van der Waals surface area contributed by atoms with Crippen molar-refractivity contribution in [3.05, 3.63) is 59.2 Å². The van der Waals surface area contributed by atoms with Gasteiger partial charge in [0.25, 0.3) is 0 Å². The van der Waals surface area contributed by atoms with Crippen LogP contribution in [0.15, 0.2) is 34.7 Å². The van der Waals surface area contributed by atoms with Gasteiger partial charge in [-0.15, -0.1) is 5.10 Å². The predicted molar refractivity (Wildman–Crippen MR) is 124 cm³/mol. The van der Waals surface area contributed by atoms with E-state index in [1.54, 1.807) is 12.1 Å². The molecule has 0 saturated heterocycles. The second-order valence-electron chi connectivity index (χ2n) is 8.58. The minimum atomic E-state index is -1.35. The minimum Gasteiger partial charge on any atom is -0.469 e. The van der Waals surface area contributed by atoms with E-state index in [1.807, 2.05) is 6.07 Å². The van der Waals surface area contributed by atoms with Gasteiger partial charge in [-0.25, -0.2) is 13.2 Å². The summed E-state index contributed by atoms with van der Waals surface area (Å²) in [5.41, 5.74) is 7.44. The summed E-state index contributed by atoms with van der Waals surface area (Å²) in [7, 11) is 1.39. The lowest BCUT2D eigenvalue weighted by molar-refractivity contribution is -0.142. The summed E-state index contributed by atoms with van der Waals surface area (Å²) < 4.78 is 50.1. The second kappa shape index (κ2) is 10.7. The quantitative estimate of drug-likeness (QED) is 0.236. The number of nitrogens with one attached hydrogen (secondary N) is 2. The molecule has 0 spiro atoms. The number of halogens is 3. The van der Waals surface area contributed by atoms with Crippen LogP contribution in [-0.4, -0.2) is 29.2 Å². The van der Waals surface area contributed by atoms with Crippen LogP contribution in [0.1, 0.15) is 54.3 Å². The van der Waals surface area contributed by atoms with E-state index in [9.17, 15) is 22.8 Å². The van der Waals surface area contributed by atoms with E-state index >= 15 is 0 Å². The van der Waals surface area contributed by atoms with Gasteiger partial charge in [-0.3, -0.25) is 9.59 Å². The van der Waals surface area contributed by atoms with E-state index in [2.05, 4.69) is 20.8 Å². The lowest BCUT2D eigenvalue weighted by atomic mass is 9.77. The fourth-order valence-electron chi connectivity index (χ4n) is 4.24. The molecule has 1 saturated carbocycles. The summed E-state index contributed by atoms with van der Waals surface area (Å²) in [6, 6.07) is 5.91. The van der Waals surface area contributed by atoms with E-state index in [0.717, 1.165) is 31.2 Å². The van der Waals surface area contributed by atoms with Crippen molar-refractivity contribution in [2.45, 2.75) is 38.0 Å². The van der Waals surface area contributed by atoms with Crippen LogP contribution in [0.25, 0.3) is 0 Å². The number of nitrogens with two attached hydrogens (primary N) is 1. The molecule has 36 heavy (non-hydrogen) atoms. The highest BCUT2D eigenvalue weighted by atomic mass is 19.2. The third-order valence-corrected chi connectivity index (χ3v) is 6.20. The molecule has 12 heteroatoms. The van der Waals surface area contributed by atoms with Gasteiger partial charge in [-0.2, -0.15) is 0 Å². The Labute approximate surface area is 204 Å². The van der Waals surface area contributed by atoms with Gasteiger partial charge in [-0.1, -0.05) is 11.2 Å². The van der Waals surface area contributed by atoms with Crippen LogP contribution >= 0.6 is 0 Å². The van der Waals surface area contributed by atoms with Crippen molar-refractivity contribution in [2.75, 3.05) is 23.5 Å². The van der Waals surface area contributed by atoms with Crippen LogP contribution in [0.4, 0.5) is 36.2 Å². The monoisotopic (exact) mass is 503 g/mol. The fraction of sp³-hybridized carbons (Fsp3) is 0.333. The third-order valence-electron chi connectivity index (χ3n) is 6.20. The largest absolute Gasteiger partial charge is 0.469 e. The van der Waals surface area contributed by atoms with Gasteiger partial charge in [0.2, 0.25) is 0 Å². The first-order valence-electron chi connectivity index (χ1n) is 11.3. The summed E-state index contributed by atoms with van der Waals surface area (Å²) in [5.74, 6) is -4.49. The molecule has 190 valence electrons. The normalized spacial score (nSPS) is 17.4. The predicted octanol–water partition coefficient (Wildman–Crippen LogP) is 4.90. The van der Waals surface area contributed by atoms with Crippen LogP contribution in [0.2, 0.25) is 0 Å². The molecule has 0 bridgehead atoms. The highest BCUT2D eigenvalue weighted by molar-refractivity contribution is 6.02. The number of hydrogen-bond acceptors (Lipinski definition) is 8. The average Bonchev–Trinajstić information content (AvgIpc) is 3.33. The molecule has 2 aromatic carbocycles. The van der Waals surface area contributed by atoms with Gasteiger partial charge in [-0.05, 0) is 55.2 Å². The van der Waals surface area contributed by atoms with Crippen LogP contribution < -0.4 is 16.4 Å². The first-order chi connectivity index (χ1) is 17.2. The Balaban J connectivity index is 1.36. The van der Waals surface area contributed by atoms with E-state index in [-0.39, 0.29) is 5.97 Å². The Morgan fingerprint density at radius 2 is 1.75 bits per heavy atom. The zero-order valence-electron chi connectivity index (χ0n) is 19.3. The molecule has 1 amide bonds. The van der Waals surface area contributed by atoms with Crippen molar-refractivity contribution in [3.8, 4) is 0 Å². The van der Waals surface area contributed by atoms with Crippen molar-refractivity contribution in [2.24, 2.45) is 5.92 Å². The Hall–Kier alpha value is -4.09. The van der Waals surface area contributed by atoms with E-state index < -0.39 is 41.0 Å². The maximum absolute atomic E-state index is 13.8. The van der Waals surface area contributed by atoms with Gasteiger partial charge in [0.05, 0.1) is 24.2 Å². The van der Waals surface area contributed by atoms with Crippen LogP contribution in [-0.2, 0) is 9.53 Å². The maximum Gasteiger partial charge on any atom is 0.320 e. The number of aromatic nitrogens is 2. The number of benzene rings is 2. The van der Waals surface area contributed by atoms with Crippen molar-refractivity contribution in [1.82, 2.24) is 10.2 Å². The molecule has 3 aromatic rings. The Morgan fingerprint density at radius 1 is 1.03 bits per heavy atom. The number of rotatable bonds is 7. The average molecular weight is 503 g/mol. The molecule has 4 rings (SSSR count). The molecule has 0 radical (unpaired) electrons. The molecule has 1 heterocycles. The lowest BCUT2D eigenvalue weighted by Gasteiger charge is -2.28. The van der Waals surface area contributed by atoms with Gasteiger partial charge < -0.3 is 25.5 Å². The first kappa shape index (κ1) is 25.0. The zero-order valence-corrected chi connectivity index (χ0v) is 19.3. The van der Waals surface area contributed by atoms with Crippen molar-refractivity contribution < 1.29 is 31.9 Å². The van der Waals surface area contributed by atoms with Gasteiger partial charge in [0.15, 0.2) is 11.6 Å². The van der Waals surface area contributed by atoms with Gasteiger partial charge >= 0.3 is 23.8 Å². The topological polar surface area (TPSA) is 132 Å². The van der Waals surface area contributed by atoms with Gasteiger partial charge in [0.1, 0.15) is 5.82 Å². The number of ether oxygens (including phenoxy) is 1. The summed E-state index contributed by atoms with van der Waals surface area (Å²) in [6.07, 6.45) is 4.10. The number of carbonyl (C=O) groups excluding carboxylic acids is 2. The number of esters is 1. The number of amides is 1. The molecule has 4 N–H and O–H groups in total. The summed E-state index contributed by atoms with van der Waals surface area (Å²) in [5, 5.41) is 12.0. The van der Waals surface area contributed by atoms with Crippen molar-refractivity contribution in [1.29, 1.82) is 0 Å². The van der Waals surface area contributed by atoms with Crippen LogP contribution in [0, 0.1) is 23.4 Å². The molecule has 0 aliphatic heterocycles. The number of anilines is 4. The molecule has 0 atom stereocenters. The molecule has 9 nitrogen and oxygen atoms in total. The molecule has 1 aliphatic carbocycles. The Kier molecular flexibility index (Phi) is 7.41. The standard InChI is InChI=1S/C24H24F3N5O4/c1-35-21(33)8-12-2-4-13(5-3-12)14-6-7-19(18(28)9-14)29-22(34)23-31-32-24(36-23)30-20-11-16(26)15(25)10-17(20)27/h6-7,9-13H,2-5,8,28H2,1H3,(H,29,34)(H,30,32). The number of nitrogens with zero attached hydrogens (tertiary/aromatic N) is 2. The van der Waals surface area contributed by atoms with Crippen molar-refractivity contribution in [3.63, 3.8) is 0 Å². The zero-order chi connectivity index (χ0) is 25.8. The SMILES string of the molecule is COC(=O)CC1CCC(c2ccc(NC(=O)c3nnc(Nc4cc(F)c(F)cc4F)o3)c(N)c2)CC1. The minimum absolute atomic E-state index is 0.191. The Bertz CT molecular complexity index is 1270. The molecule has 1 fully saturated rings. The molecule has 1 aliphatic rings. The number of methoxy groups -OCH3 is 1. The summed E-state index contributed by atoms with van der Waals surface area (Å²) in [4.78, 5) is 24.0. The maximum atomic E-state index is 13.8. The highest BCUT2D eigenvalue weighted by Gasteiger charge is 2.25. The van der Waals surface area contributed by atoms with Crippen LogP contribution in [0.3, 0.4) is 0 Å². The highest BCUT2D eigenvalue weighted by Crippen LogP contribution is 2.38. The first-order valence-corrected chi connectivity index (χ1v) is 11.3. The molecular formula is C24H24F3N5O4. The number of carbonyl (C=O) groups is 2. The van der Waals surface area contributed by atoms with E-state index in [1.165, 1.54) is 7.11 Å². The summed E-state index contributed by atoms with van der Waals surface area (Å²) >= 11 is 0. The Morgan fingerprint density at radius 3 is 2.44 bits per heavy atom. The van der Waals surface area contributed by atoms with Gasteiger partial charge in [0, 0.05) is 18.6 Å². The van der Waals surface area contributed by atoms with Crippen LogP contribution in [0.5, 0.6) is 0 Å². The van der Waals surface area contributed by atoms with E-state index in [4.69, 9.17) is 14.9 Å². The smallest absolute Gasteiger partial charge is 0.320 e. The molecule has 0 unspecified atom stereocenters. The second-order valence-corrected chi connectivity index (χ2v) is 8.58. The van der Waals surface area contributed by atoms with Crippen molar-refractivity contribution >= 4 is 35.0 Å². The molecule has 1 aromatic heterocycles. The lowest BCUT2D eigenvalue weighted by Crippen LogP contribution is -2.17. The molecular weight excluding hydrogens is 479 g/mol. The third kappa shape index (κ3) is 5.75. The van der Waals surface area contributed by atoms with E-state index in [0.29, 0.717) is 41.8 Å². The number of nitrogen functional groups attached to an aromatic ring is 1. The number of hydrogen-bond donors (Lipinski definition) is 3. The fourth-order valence-corrected chi connectivity index (χ4v) is 4.24. The summed E-state index contributed by atoms with van der Waals surface area (Å²) in [6.45, 7) is 0.